The molecule has 0 bridgehead atoms. The van der Waals surface area contributed by atoms with Crippen molar-refractivity contribution < 1.29 is 9.53 Å². The van der Waals surface area contributed by atoms with Crippen LogP contribution in [0.2, 0.25) is 0 Å². The molecule has 110 valence electrons. The standard InChI is InChI=1S/C17H25NO2/c1-4-15-5-7-16(8-6-15)9-10-17(19)18-11-12-20-14(3)13(18)2/h5-8,13-14H,4,9-12H2,1-3H3. The third-order valence-electron chi connectivity index (χ3n) is 4.26. The van der Waals surface area contributed by atoms with Gasteiger partial charge in [0.2, 0.25) is 5.91 Å². The van der Waals surface area contributed by atoms with E-state index in [4.69, 9.17) is 4.74 Å². The summed E-state index contributed by atoms with van der Waals surface area (Å²) in [5.41, 5.74) is 2.58. The molecule has 0 aromatic heterocycles. The number of carbonyl (C=O) groups is 1. The first-order chi connectivity index (χ1) is 9.61. The highest BCUT2D eigenvalue weighted by molar-refractivity contribution is 5.77. The van der Waals surface area contributed by atoms with Crippen molar-refractivity contribution in [3.8, 4) is 0 Å². The zero-order chi connectivity index (χ0) is 14.5. The predicted octanol–water partition coefficient (Wildman–Crippen LogP) is 2.82. The Morgan fingerprint density at radius 1 is 1.25 bits per heavy atom. The maximum atomic E-state index is 12.3. The van der Waals surface area contributed by atoms with Crippen LogP contribution >= 0.6 is 0 Å². The van der Waals surface area contributed by atoms with E-state index in [0.29, 0.717) is 13.0 Å². The van der Waals surface area contributed by atoms with Gasteiger partial charge in [-0.05, 0) is 37.8 Å². The summed E-state index contributed by atoms with van der Waals surface area (Å²) < 4.78 is 5.56. The molecule has 0 spiro atoms. The molecule has 2 atom stereocenters. The molecular formula is C17H25NO2. The zero-order valence-electron chi connectivity index (χ0n) is 12.8. The maximum Gasteiger partial charge on any atom is 0.223 e. The molecule has 0 aliphatic carbocycles. The monoisotopic (exact) mass is 275 g/mol. The Bertz CT molecular complexity index is 441. The fourth-order valence-electron chi connectivity index (χ4n) is 2.62. The molecule has 1 heterocycles. The van der Waals surface area contributed by atoms with Crippen molar-refractivity contribution in [1.82, 2.24) is 4.90 Å². The van der Waals surface area contributed by atoms with Gasteiger partial charge in [-0.3, -0.25) is 4.79 Å². The largest absolute Gasteiger partial charge is 0.375 e. The Kier molecular flexibility index (Phi) is 5.18. The molecule has 0 N–H and O–H groups in total. The highest BCUT2D eigenvalue weighted by atomic mass is 16.5. The van der Waals surface area contributed by atoms with Gasteiger partial charge in [0.25, 0.3) is 0 Å². The minimum atomic E-state index is 0.136. The van der Waals surface area contributed by atoms with Crippen molar-refractivity contribution in [1.29, 1.82) is 0 Å². The summed E-state index contributed by atoms with van der Waals surface area (Å²) in [5, 5.41) is 0. The molecule has 20 heavy (non-hydrogen) atoms. The number of hydrogen-bond donors (Lipinski definition) is 0. The number of amides is 1. The summed E-state index contributed by atoms with van der Waals surface area (Å²) in [6.45, 7) is 7.63. The summed E-state index contributed by atoms with van der Waals surface area (Å²) in [5.74, 6) is 0.243. The first kappa shape index (κ1) is 15.0. The van der Waals surface area contributed by atoms with Crippen LogP contribution in [0.15, 0.2) is 24.3 Å². The van der Waals surface area contributed by atoms with Gasteiger partial charge in [0, 0.05) is 13.0 Å². The fourth-order valence-corrected chi connectivity index (χ4v) is 2.62. The summed E-state index contributed by atoms with van der Waals surface area (Å²) in [6.07, 6.45) is 2.60. The van der Waals surface area contributed by atoms with E-state index in [0.717, 1.165) is 19.4 Å². The van der Waals surface area contributed by atoms with Gasteiger partial charge in [-0.1, -0.05) is 31.2 Å². The normalized spacial score (nSPS) is 22.9. The summed E-state index contributed by atoms with van der Waals surface area (Å²) in [7, 11) is 0. The van der Waals surface area contributed by atoms with Crippen molar-refractivity contribution >= 4 is 5.91 Å². The average Bonchev–Trinajstić information content (AvgIpc) is 2.48. The molecule has 2 rings (SSSR count). The van der Waals surface area contributed by atoms with Crippen LogP contribution in [0.25, 0.3) is 0 Å². The van der Waals surface area contributed by atoms with Crippen LogP contribution in [0.5, 0.6) is 0 Å². The van der Waals surface area contributed by atoms with Gasteiger partial charge in [0.05, 0.1) is 18.8 Å². The number of morpholine rings is 1. The molecule has 1 amide bonds. The quantitative estimate of drug-likeness (QED) is 0.845. The van der Waals surface area contributed by atoms with Crippen molar-refractivity contribution in [2.45, 2.75) is 52.2 Å². The molecule has 3 nitrogen and oxygen atoms in total. The molecule has 1 aromatic rings. The molecule has 2 unspecified atom stereocenters. The molecular weight excluding hydrogens is 250 g/mol. The first-order valence-electron chi connectivity index (χ1n) is 7.60. The lowest BCUT2D eigenvalue weighted by Gasteiger charge is -2.38. The van der Waals surface area contributed by atoms with Crippen LogP contribution in [0.4, 0.5) is 0 Å². The molecule has 1 saturated heterocycles. The Hall–Kier alpha value is -1.35. The second kappa shape index (κ2) is 6.89. The fraction of sp³-hybridized carbons (Fsp3) is 0.588. The van der Waals surface area contributed by atoms with Crippen molar-refractivity contribution in [2.75, 3.05) is 13.2 Å². The van der Waals surface area contributed by atoms with Gasteiger partial charge in [-0.25, -0.2) is 0 Å². The van der Waals surface area contributed by atoms with Crippen molar-refractivity contribution in [3.63, 3.8) is 0 Å². The Balaban J connectivity index is 1.87. The van der Waals surface area contributed by atoms with Crippen molar-refractivity contribution in [2.24, 2.45) is 0 Å². The highest BCUT2D eigenvalue weighted by Crippen LogP contribution is 2.16. The molecule has 0 saturated carbocycles. The molecule has 0 radical (unpaired) electrons. The number of nitrogens with zero attached hydrogens (tertiary/aromatic N) is 1. The minimum absolute atomic E-state index is 0.136. The Morgan fingerprint density at radius 3 is 2.55 bits per heavy atom. The van der Waals surface area contributed by atoms with Gasteiger partial charge in [-0.15, -0.1) is 0 Å². The zero-order valence-corrected chi connectivity index (χ0v) is 12.8. The van der Waals surface area contributed by atoms with E-state index in [2.05, 4.69) is 38.1 Å². The van der Waals surface area contributed by atoms with E-state index in [9.17, 15) is 4.79 Å². The molecule has 1 aliphatic heterocycles. The van der Waals surface area contributed by atoms with Gasteiger partial charge in [0.15, 0.2) is 0 Å². The summed E-state index contributed by atoms with van der Waals surface area (Å²) in [4.78, 5) is 14.3. The number of carbonyl (C=O) groups excluding carboxylic acids is 1. The summed E-state index contributed by atoms with van der Waals surface area (Å²) in [6, 6.07) is 8.76. The van der Waals surface area contributed by atoms with E-state index >= 15 is 0 Å². The van der Waals surface area contributed by atoms with Gasteiger partial charge >= 0.3 is 0 Å². The van der Waals surface area contributed by atoms with E-state index in [1.54, 1.807) is 0 Å². The number of benzene rings is 1. The SMILES string of the molecule is CCc1ccc(CCC(=O)N2CCOC(C)C2C)cc1. The second-order valence-electron chi connectivity index (χ2n) is 5.57. The summed E-state index contributed by atoms with van der Waals surface area (Å²) >= 11 is 0. The second-order valence-corrected chi connectivity index (χ2v) is 5.57. The third kappa shape index (κ3) is 3.60. The predicted molar refractivity (Wildman–Crippen MR) is 80.7 cm³/mol. The van der Waals surface area contributed by atoms with Crippen molar-refractivity contribution in [3.05, 3.63) is 35.4 Å². The number of hydrogen-bond acceptors (Lipinski definition) is 2. The van der Waals surface area contributed by atoms with Crippen LogP contribution in [0.3, 0.4) is 0 Å². The number of aryl methyl sites for hydroxylation is 2. The maximum absolute atomic E-state index is 12.3. The van der Waals surface area contributed by atoms with Crippen LogP contribution < -0.4 is 0 Å². The molecule has 3 heteroatoms. The van der Waals surface area contributed by atoms with E-state index in [-0.39, 0.29) is 18.1 Å². The molecule has 1 aromatic carbocycles. The Labute approximate surface area is 121 Å². The van der Waals surface area contributed by atoms with Crippen LogP contribution in [-0.2, 0) is 22.4 Å². The minimum Gasteiger partial charge on any atom is -0.375 e. The topological polar surface area (TPSA) is 29.5 Å². The molecule has 1 fully saturated rings. The number of ether oxygens (including phenoxy) is 1. The van der Waals surface area contributed by atoms with Crippen LogP contribution in [0.1, 0.15) is 38.3 Å². The Morgan fingerprint density at radius 2 is 1.90 bits per heavy atom. The lowest BCUT2D eigenvalue weighted by Crippen LogP contribution is -2.51. The van der Waals surface area contributed by atoms with E-state index in [1.807, 2.05) is 11.8 Å². The van der Waals surface area contributed by atoms with E-state index < -0.39 is 0 Å². The van der Waals surface area contributed by atoms with Crippen LogP contribution in [0, 0.1) is 0 Å². The highest BCUT2D eigenvalue weighted by Gasteiger charge is 2.28. The smallest absolute Gasteiger partial charge is 0.223 e. The van der Waals surface area contributed by atoms with Crippen LogP contribution in [-0.4, -0.2) is 36.1 Å². The molecule has 1 aliphatic rings. The average molecular weight is 275 g/mol. The first-order valence-corrected chi connectivity index (χ1v) is 7.60. The van der Waals surface area contributed by atoms with Gasteiger partial charge < -0.3 is 9.64 Å². The number of rotatable bonds is 4. The third-order valence-corrected chi connectivity index (χ3v) is 4.26. The lowest BCUT2D eigenvalue weighted by molar-refractivity contribution is -0.143. The van der Waals surface area contributed by atoms with E-state index in [1.165, 1.54) is 11.1 Å². The lowest BCUT2D eigenvalue weighted by atomic mass is 10.0. The van der Waals surface area contributed by atoms with Gasteiger partial charge in [-0.2, -0.15) is 0 Å². The van der Waals surface area contributed by atoms with Gasteiger partial charge in [0.1, 0.15) is 0 Å².